The van der Waals surface area contributed by atoms with Crippen LogP contribution in [-0.4, -0.2) is 11.9 Å². The van der Waals surface area contributed by atoms with Gasteiger partial charge in [0.1, 0.15) is 17.7 Å². The van der Waals surface area contributed by atoms with E-state index in [1.165, 1.54) is 18.2 Å². The average Bonchev–Trinajstić information content (AvgIpc) is 2.77. The molecule has 0 aliphatic carbocycles. The largest absolute Gasteiger partial charge is 0.490 e. The Morgan fingerprint density at radius 1 is 1.35 bits per heavy atom. The highest BCUT2D eigenvalue weighted by Crippen LogP contribution is 2.31. The predicted octanol–water partition coefficient (Wildman–Crippen LogP) is 4.03. The zero-order valence-electron chi connectivity index (χ0n) is 10.8. The Labute approximate surface area is 121 Å². The number of carbonyl (C=O) groups excluding carboxylic acids is 1. The highest BCUT2D eigenvalue weighted by Gasteiger charge is 2.23. The topological polar surface area (TPSA) is 26.3 Å². The van der Waals surface area contributed by atoms with Crippen LogP contribution in [0.15, 0.2) is 36.4 Å². The van der Waals surface area contributed by atoms with Crippen molar-refractivity contribution < 1.29 is 13.9 Å². The molecule has 0 fully saturated rings. The van der Waals surface area contributed by atoms with E-state index >= 15 is 0 Å². The first kappa shape index (κ1) is 13.1. The van der Waals surface area contributed by atoms with Crippen LogP contribution in [-0.2, 0) is 6.42 Å². The summed E-state index contributed by atoms with van der Waals surface area (Å²) in [6.45, 7) is 1.97. The molecule has 1 atom stereocenters. The maximum absolute atomic E-state index is 13.8. The smallest absolute Gasteiger partial charge is 0.197 e. The van der Waals surface area contributed by atoms with Gasteiger partial charge in [-0.15, -0.1) is 0 Å². The number of rotatable bonds is 2. The fraction of sp³-hybridized carbons (Fsp3) is 0.188. The van der Waals surface area contributed by atoms with Crippen molar-refractivity contribution in [2.75, 3.05) is 0 Å². The normalized spacial score (nSPS) is 16.6. The molecule has 2 nitrogen and oxygen atoms in total. The molecule has 0 N–H and O–H groups in total. The minimum atomic E-state index is -0.604. The van der Waals surface area contributed by atoms with Crippen molar-refractivity contribution in [3.05, 3.63) is 63.9 Å². The molecule has 20 heavy (non-hydrogen) atoms. The lowest BCUT2D eigenvalue weighted by atomic mass is 9.99. The maximum Gasteiger partial charge on any atom is 0.197 e. The summed E-state index contributed by atoms with van der Waals surface area (Å²) in [5.74, 6) is -0.225. The zero-order valence-corrected chi connectivity index (χ0v) is 11.6. The number of carbonyl (C=O) groups is 1. The highest BCUT2D eigenvalue weighted by molar-refractivity contribution is 6.35. The third kappa shape index (κ3) is 2.18. The van der Waals surface area contributed by atoms with Crippen LogP contribution >= 0.6 is 11.6 Å². The van der Waals surface area contributed by atoms with E-state index in [0.717, 1.165) is 17.7 Å². The van der Waals surface area contributed by atoms with Gasteiger partial charge in [-0.05, 0) is 42.8 Å². The fourth-order valence-electron chi connectivity index (χ4n) is 2.42. The molecule has 0 saturated heterocycles. The lowest BCUT2D eigenvalue weighted by Gasteiger charge is -2.06. The standard InChI is InChI=1S/C16H12ClFO2/c1-9-7-11-8-10(5-6-14(11)20-9)16(19)15-12(17)3-2-4-13(15)18/h2-6,8-9H,7H2,1H3. The number of benzene rings is 2. The van der Waals surface area contributed by atoms with Crippen LogP contribution < -0.4 is 4.74 Å². The Kier molecular flexibility index (Phi) is 3.22. The summed E-state index contributed by atoms with van der Waals surface area (Å²) in [4.78, 5) is 12.4. The van der Waals surface area contributed by atoms with Crippen LogP contribution in [0.25, 0.3) is 0 Å². The number of halogens is 2. The van der Waals surface area contributed by atoms with Crippen molar-refractivity contribution in [1.82, 2.24) is 0 Å². The lowest BCUT2D eigenvalue weighted by Crippen LogP contribution is -2.06. The van der Waals surface area contributed by atoms with Crippen LogP contribution in [0.1, 0.15) is 28.4 Å². The Bertz CT molecular complexity index is 677. The number of hydrogen-bond acceptors (Lipinski definition) is 2. The summed E-state index contributed by atoms with van der Waals surface area (Å²) in [5.41, 5.74) is 1.31. The minimum Gasteiger partial charge on any atom is -0.490 e. The fourth-order valence-corrected chi connectivity index (χ4v) is 2.67. The number of ketones is 1. The highest BCUT2D eigenvalue weighted by atomic mass is 35.5. The molecule has 2 aromatic carbocycles. The molecule has 0 spiro atoms. The van der Waals surface area contributed by atoms with Gasteiger partial charge in [0.15, 0.2) is 5.78 Å². The summed E-state index contributed by atoms with van der Waals surface area (Å²) in [5, 5.41) is 0.125. The maximum atomic E-state index is 13.8. The first-order valence-electron chi connectivity index (χ1n) is 6.34. The Morgan fingerprint density at radius 3 is 2.90 bits per heavy atom. The van der Waals surface area contributed by atoms with Gasteiger partial charge >= 0.3 is 0 Å². The molecule has 1 aliphatic heterocycles. The molecule has 0 aromatic heterocycles. The molecule has 0 bridgehead atoms. The Hall–Kier alpha value is -1.87. The van der Waals surface area contributed by atoms with E-state index in [1.807, 2.05) is 6.92 Å². The third-order valence-electron chi connectivity index (χ3n) is 3.35. The van der Waals surface area contributed by atoms with E-state index in [1.54, 1.807) is 18.2 Å². The molecule has 0 radical (unpaired) electrons. The van der Waals surface area contributed by atoms with Gasteiger partial charge in [-0.3, -0.25) is 4.79 Å². The van der Waals surface area contributed by atoms with Gasteiger partial charge in [-0.2, -0.15) is 0 Å². The van der Waals surface area contributed by atoms with Gasteiger partial charge < -0.3 is 4.74 Å². The van der Waals surface area contributed by atoms with E-state index in [4.69, 9.17) is 16.3 Å². The average molecular weight is 291 g/mol. The van der Waals surface area contributed by atoms with Crippen molar-refractivity contribution in [2.24, 2.45) is 0 Å². The Balaban J connectivity index is 2.02. The van der Waals surface area contributed by atoms with Crippen molar-refractivity contribution in [3.63, 3.8) is 0 Å². The van der Waals surface area contributed by atoms with Crippen LogP contribution in [0.5, 0.6) is 5.75 Å². The second-order valence-electron chi connectivity index (χ2n) is 4.88. The van der Waals surface area contributed by atoms with Gasteiger partial charge in [-0.25, -0.2) is 4.39 Å². The second-order valence-corrected chi connectivity index (χ2v) is 5.29. The van der Waals surface area contributed by atoms with Gasteiger partial charge in [0.05, 0.1) is 10.6 Å². The quantitative estimate of drug-likeness (QED) is 0.781. The number of fused-ring (bicyclic) bond motifs is 1. The summed E-state index contributed by atoms with van der Waals surface area (Å²) >= 11 is 5.93. The molecule has 0 amide bonds. The third-order valence-corrected chi connectivity index (χ3v) is 3.66. The molecule has 1 heterocycles. The van der Waals surface area contributed by atoms with Gasteiger partial charge in [0, 0.05) is 12.0 Å². The van der Waals surface area contributed by atoms with E-state index in [2.05, 4.69) is 0 Å². The predicted molar refractivity (Wildman–Crippen MR) is 75.1 cm³/mol. The van der Waals surface area contributed by atoms with Crippen LogP contribution in [0.3, 0.4) is 0 Å². The van der Waals surface area contributed by atoms with Crippen molar-refractivity contribution in [3.8, 4) is 5.75 Å². The van der Waals surface area contributed by atoms with Gasteiger partial charge in [-0.1, -0.05) is 17.7 Å². The number of ether oxygens (including phenoxy) is 1. The van der Waals surface area contributed by atoms with Crippen molar-refractivity contribution in [1.29, 1.82) is 0 Å². The molecular weight excluding hydrogens is 279 g/mol. The van der Waals surface area contributed by atoms with Gasteiger partial charge in [0.2, 0.25) is 0 Å². The molecular formula is C16H12ClFO2. The van der Waals surface area contributed by atoms with Crippen LogP contribution in [0.4, 0.5) is 4.39 Å². The molecule has 4 heteroatoms. The van der Waals surface area contributed by atoms with Gasteiger partial charge in [0.25, 0.3) is 0 Å². The summed E-state index contributed by atoms with van der Waals surface area (Å²) in [6, 6.07) is 9.37. The second kappa shape index (κ2) is 4.91. The first-order chi connectivity index (χ1) is 9.56. The van der Waals surface area contributed by atoms with Crippen LogP contribution in [0.2, 0.25) is 5.02 Å². The molecule has 1 aliphatic rings. The van der Waals surface area contributed by atoms with E-state index in [-0.39, 0.29) is 16.7 Å². The molecule has 0 saturated carbocycles. The summed E-state index contributed by atoms with van der Waals surface area (Å²) in [6.07, 6.45) is 0.856. The number of hydrogen-bond donors (Lipinski definition) is 0. The van der Waals surface area contributed by atoms with E-state index < -0.39 is 11.6 Å². The molecule has 2 aromatic rings. The first-order valence-corrected chi connectivity index (χ1v) is 6.72. The Morgan fingerprint density at radius 2 is 2.15 bits per heavy atom. The van der Waals surface area contributed by atoms with E-state index in [9.17, 15) is 9.18 Å². The monoisotopic (exact) mass is 290 g/mol. The van der Waals surface area contributed by atoms with Crippen molar-refractivity contribution in [2.45, 2.75) is 19.4 Å². The molecule has 1 unspecified atom stereocenters. The molecule has 102 valence electrons. The molecule has 3 rings (SSSR count). The van der Waals surface area contributed by atoms with Crippen LogP contribution in [0, 0.1) is 5.82 Å². The minimum absolute atomic E-state index is 0.0823. The zero-order chi connectivity index (χ0) is 14.3. The summed E-state index contributed by atoms with van der Waals surface area (Å²) < 4.78 is 19.4. The lowest BCUT2D eigenvalue weighted by molar-refractivity contribution is 0.103. The SMILES string of the molecule is CC1Cc2cc(C(=O)c3c(F)cccc3Cl)ccc2O1. The van der Waals surface area contributed by atoms with Crippen molar-refractivity contribution >= 4 is 17.4 Å². The summed E-state index contributed by atoms with van der Waals surface area (Å²) in [7, 11) is 0. The van der Waals surface area contributed by atoms with E-state index in [0.29, 0.717) is 5.56 Å².